The predicted octanol–water partition coefficient (Wildman–Crippen LogP) is 3.23. The molecule has 0 heterocycles. The monoisotopic (exact) mass is 330 g/mol. The molecule has 2 aromatic rings. The molecule has 0 saturated carbocycles. The van der Waals surface area contributed by atoms with E-state index >= 15 is 0 Å². The number of rotatable bonds is 6. The van der Waals surface area contributed by atoms with Gasteiger partial charge in [0.1, 0.15) is 5.75 Å². The minimum Gasteiger partial charge on any atom is -0.497 e. The van der Waals surface area contributed by atoms with Gasteiger partial charge in [-0.25, -0.2) is 0 Å². The van der Waals surface area contributed by atoms with Crippen LogP contribution < -0.4 is 4.74 Å². The van der Waals surface area contributed by atoms with Crippen molar-refractivity contribution in [2.24, 2.45) is 0 Å². The van der Waals surface area contributed by atoms with Crippen LogP contribution in [0.3, 0.4) is 0 Å². The number of fused-ring (bicyclic) bond motifs is 1. The third-order valence-corrected chi connectivity index (χ3v) is 3.99. The Labute approximate surface area is 141 Å². The normalized spacial score (nSPS) is 11.2. The van der Waals surface area contributed by atoms with E-state index in [0.29, 0.717) is 5.56 Å². The first-order chi connectivity index (χ1) is 11.5. The Bertz CT molecular complexity index is 733. The highest BCUT2D eigenvalue weighted by Gasteiger charge is 2.46. The number of benzene rings is 2. The standard InChI is InChI=1S/C19H22O5/c1-5-23-17(20)19(3,18(21)24-6-2)15-9-7-14-12-16(22-4)10-8-13(14)11-15/h7-12H,5-6H2,1-4H3. The lowest BCUT2D eigenvalue weighted by Crippen LogP contribution is -2.43. The third kappa shape index (κ3) is 3.20. The van der Waals surface area contributed by atoms with E-state index in [0.717, 1.165) is 16.5 Å². The van der Waals surface area contributed by atoms with Gasteiger partial charge in [-0.2, -0.15) is 0 Å². The van der Waals surface area contributed by atoms with Gasteiger partial charge in [-0.15, -0.1) is 0 Å². The predicted molar refractivity (Wildman–Crippen MR) is 91.1 cm³/mol. The van der Waals surface area contributed by atoms with E-state index in [1.54, 1.807) is 27.0 Å². The first kappa shape index (κ1) is 17.8. The van der Waals surface area contributed by atoms with Gasteiger partial charge in [0.25, 0.3) is 0 Å². The van der Waals surface area contributed by atoms with Crippen LogP contribution in [0.25, 0.3) is 10.8 Å². The van der Waals surface area contributed by atoms with Crippen molar-refractivity contribution in [3.63, 3.8) is 0 Å². The van der Waals surface area contributed by atoms with Crippen LogP contribution in [0.4, 0.5) is 0 Å². The molecule has 0 bridgehead atoms. The second kappa shape index (κ2) is 7.34. The highest BCUT2D eigenvalue weighted by molar-refractivity contribution is 6.06. The molecule has 0 N–H and O–H groups in total. The first-order valence-corrected chi connectivity index (χ1v) is 7.90. The molecule has 0 radical (unpaired) electrons. The van der Waals surface area contributed by atoms with E-state index in [4.69, 9.17) is 14.2 Å². The van der Waals surface area contributed by atoms with Gasteiger partial charge in [0.2, 0.25) is 0 Å². The largest absolute Gasteiger partial charge is 0.497 e. The first-order valence-electron chi connectivity index (χ1n) is 7.90. The van der Waals surface area contributed by atoms with Gasteiger partial charge < -0.3 is 14.2 Å². The number of ether oxygens (including phenoxy) is 3. The van der Waals surface area contributed by atoms with Gasteiger partial charge in [-0.05, 0) is 55.3 Å². The summed E-state index contributed by atoms with van der Waals surface area (Å²) in [6, 6.07) is 11.0. The number of methoxy groups -OCH3 is 1. The molecule has 0 fully saturated rings. The lowest BCUT2D eigenvalue weighted by atomic mass is 9.81. The van der Waals surface area contributed by atoms with Gasteiger partial charge in [-0.3, -0.25) is 9.59 Å². The van der Waals surface area contributed by atoms with Crippen molar-refractivity contribution in [3.05, 3.63) is 42.0 Å². The van der Waals surface area contributed by atoms with E-state index in [1.807, 2.05) is 30.3 Å². The molecule has 5 nitrogen and oxygen atoms in total. The molecule has 0 amide bonds. The van der Waals surface area contributed by atoms with Crippen molar-refractivity contribution in [1.82, 2.24) is 0 Å². The number of carbonyl (C=O) groups excluding carboxylic acids is 2. The Morgan fingerprint density at radius 1 is 0.917 bits per heavy atom. The molecular formula is C19H22O5. The lowest BCUT2D eigenvalue weighted by molar-refractivity contribution is -0.163. The molecule has 0 aliphatic rings. The Hall–Kier alpha value is -2.56. The molecule has 0 aliphatic carbocycles. The molecule has 0 unspecified atom stereocenters. The fraction of sp³-hybridized carbons (Fsp3) is 0.368. The number of carbonyl (C=O) groups is 2. The second-order valence-electron chi connectivity index (χ2n) is 5.49. The van der Waals surface area contributed by atoms with Crippen molar-refractivity contribution in [2.45, 2.75) is 26.2 Å². The van der Waals surface area contributed by atoms with Crippen LogP contribution in [0, 0.1) is 0 Å². The van der Waals surface area contributed by atoms with Gasteiger partial charge >= 0.3 is 11.9 Å². The van der Waals surface area contributed by atoms with Gasteiger partial charge in [0, 0.05) is 0 Å². The van der Waals surface area contributed by atoms with E-state index in [1.165, 1.54) is 6.92 Å². The number of hydrogen-bond acceptors (Lipinski definition) is 5. The molecule has 0 spiro atoms. The maximum absolute atomic E-state index is 12.5. The van der Waals surface area contributed by atoms with Crippen LogP contribution in [0.2, 0.25) is 0 Å². The smallest absolute Gasteiger partial charge is 0.327 e. The molecule has 128 valence electrons. The van der Waals surface area contributed by atoms with Crippen LogP contribution >= 0.6 is 0 Å². The van der Waals surface area contributed by atoms with Gasteiger partial charge in [-0.1, -0.05) is 18.2 Å². The van der Waals surface area contributed by atoms with Gasteiger partial charge in [0.15, 0.2) is 5.41 Å². The summed E-state index contributed by atoms with van der Waals surface area (Å²) in [6.45, 7) is 5.33. The van der Waals surface area contributed by atoms with E-state index < -0.39 is 17.4 Å². The Morgan fingerprint density at radius 2 is 1.46 bits per heavy atom. The summed E-state index contributed by atoms with van der Waals surface area (Å²) in [5.41, 5.74) is -0.961. The highest BCUT2D eigenvalue weighted by atomic mass is 16.6. The summed E-state index contributed by atoms with van der Waals surface area (Å²) in [4.78, 5) is 25.0. The maximum atomic E-state index is 12.5. The van der Waals surface area contributed by atoms with Crippen molar-refractivity contribution in [1.29, 1.82) is 0 Å². The Balaban J connectivity index is 2.54. The van der Waals surface area contributed by atoms with E-state index in [9.17, 15) is 9.59 Å². The summed E-state index contributed by atoms with van der Waals surface area (Å²) in [7, 11) is 1.61. The lowest BCUT2D eigenvalue weighted by Gasteiger charge is -2.25. The molecule has 0 aliphatic heterocycles. The Morgan fingerprint density at radius 3 is 2.00 bits per heavy atom. The zero-order valence-electron chi connectivity index (χ0n) is 14.4. The number of esters is 2. The zero-order chi connectivity index (χ0) is 17.7. The minimum absolute atomic E-state index is 0.193. The van der Waals surface area contributed by atoms with E-state index in [-0.39, 0.29) is 13.2 Å². The molecule has 5 heteroatoms. The third-order valence-electron chi connectivity index (χ3n) is 3.99. The zero-order valence-corrected chi connectivity index (χ0v) is 14.4. The van der Waals surface area contributed by atoms with E-state index in [2.05, 4.69) is 0 Å². The second-order valence-corrected chi connectivity index (χ2v) is 5.49. The van der Waals surface area contributed by atoms with Crippen molar-refractivity contribution in [2.75, 3.05) is 20.3 Å². The molecule has 24 heavy (non-hydrogen) atoms. The minimum atomic E-state index is -1.50. The average molecular weight is 330 g/mol. The topological polar surface area (TPSA) is 61.8 Å². The maximum Gasteiger partial charge on any atom is 0.327 e. The molecular weight excluding hydrogens is 308 g/mol. The van der Waals surface area contributed by atoms with Crippen molar-refractivity contribution < 1.29 is 23.8 Å². The molecule has 0 saturated heterocycles. The van der Waals surface area contributed by atoms with Crippen LogP contribution in [-0.2, 0) is 24.5 Å². The molecule has 0 aromatic heterocycles. The van der Waals surface area contributed by atoms with Crippen molar-refractivity contribution in [3.8, 4) is 5.75 Å². The summed E-state index contributed by atoms with van der Waals surface area (Å²) in [5, 5.41) is 1.85. The fourth-order valence-corrected chi connectivity index (χ4v) is 2.53. The quantitative estimate of drug-likeness (QED) is 0.601. The average Bonchev–Trinajstić information content (AvgIpc) is 2.60. The van der Waals surface area contributed by atoms with Crippen LogP contribution in [0.5, 0.6) is 5.75 Å². The molecule has 2 aromatic carbocycles. The Kier molecular flexibility index (Phi) is 5.44. The highest BCUT2D eigenvalue weighted by Crippen LogP contribution is 2.31. The van der Waals surface area contributed by atoms with Crippen LogP contribution in [0.15, 0.2) is 36.4 Å². The van der Waals surface area contributed by atoms with Crippen LogP contribution in [0.1, 0.15) is 26.3 Å². The summed E-state index contributed by atoms with van der Waals surface area (Å²) in [6.07, 6.45) is 0. The van der Waals surface area contributed by atoms with Gasteiger partial charge in [0.05, 0.1) is 20.3 Å². The SMILES string of the molecule is CCOC(=O)C(C)(C(=O)OCC)c1ccc2cc(OC)ccc2c1. The van der Waals surface area contributed by atoms with Crippen LogP contribution in [-0.4, -0.2) is 32.3 Å². The summed E-state index contributed by atoms with van der Waals surface area (Å²) >= 11 is 0. The summed E-state index contributed by atoms with van der Waals surface area (Å²) < 4.78 is 15.4. The van der Waals surface area contributed by atoms with Crippen molar-refractivity contribution >= 4 is 22.7 Å². The fourth-order valence-electron chi connectivity index (χ4n) is 2.53. The summed E-state index contributed by atoms with van der Waals surface area (Å²) in [5.74, 6) is -0.485. The molecule has 2 rings (SSSR count). The molecule has 0 atom stereocenters. The number of hydrogen-bond donors (Lipinski definition) is 0.